The Balaban J connectivity index is 2.17. The second-order valence-electron chi connectivity index (χ2n) is 5.78. The van der Waals surface area contributed by atoms with Gasteiger partial charge in [-0.1, -0.05) is 30.3 Å². The maximum absolute atomic E-state index is 7.92. The zero-order chi connectivity index (χ0) is 19.2. The van der Waals surface area contributed by atoms with Crippen molar-refractivity contribution in [1.82, 2.24) is 14.5 Å². The van der Waals surface area contributed by atoms with Crippen LogP contribution in [0.3, 0.4) is 0 Å². The van der Waals surface area contributed by atoms with Gasteiger partial charge in [0, 0.05) is 4.11 Å². The van der Waals surface area contributed by atoms with Crippen LogP contribution in [0.1, 0.15) is 15.4 Å². The number of fused-ring (bicyclic) bond motifs is 1. The standard InChI is InChI=1S/C20H19N4/c1-14-8-4-5-9-16(14)20-23(3)17-10-6-7-11-18(17)24(20)19-12-21-13-22-15(19)2/h4-13H,1-3H3/q+1/i2D3. The van der Waals surface area contributed by atoms with Crippen molar-refractivity contribution in [3.8, 4) is 17.1 Å². The fraction of sp³-hybridized carbons (Fsp3) is 0.150. The molecule has 0 fully saturated rings. The number of hydrogen-bond donors (Lipinski definition) is 0. The first kappa shape index (κ1) is 11.5. The van der Waals surface area contributed by atoms with Crippen LogP contribution < -0.4 is 4.57 Å². The van der Waals surface area contributed by atoms with Gasteiger partial charge in [-0.3, -0.25) is 0 Å². The van der Waals surface area contributed by atoms with Crippen LogP contribution in [0.15, 0.2) is 61.1 Å². The number of benzene rings is 2. The van der Waals surface area contributed by atoms with Gasteiger partial charge < -0.3 is 0 Å². The van der Waals surface area contributed by atoms with Crippen LogP contribution in [0, 0.1) is 13.8 Å². The first-order valence-corrected chi connectivity index (χ1v) is 7.76. The molecule has 0 saturated carbocycles. The minimum atomic E-state index is -2.34. The molecule has 0 radical (unpaired) electrons. The number of aromatic nitrogens is 4. The lowest BCUT2D eigenvalue weighted by atomic mass is 10.1. The molecule has 2 aromatic carbocycles. The van der Waals surface area contributed by atoms with Crippen LogP contribution >= 0.6 is 0 Å². The SMILES string of the molecule is [2H]C([2H])([2H])c1ncncc1-n1c(-c2ccccc2C)[n+](C)c2ccccc21. The summed E-state index contributed by atoms with van der Waals surface area (Å²) >= 11 is 0. The first-order valence-electron chi connectivity index (χ1n) is 9.26. The normalized spacial score (nSPS) is 13.5. The Kier molecular flexibility index (Phi) is 2.67. The summed E-state index contributed by atoms with van der Waals surface area (Å²) in [4.78, 5) is 8.21. The summed E-state index contributed by atoms with van der Waals surface area (Å²) in [7, 11) is 1.99. The molecule has 0 saturated heterocycles. The molecule has 2 heterocycles. The van der Waals surface area contributed by atoms with Gasteiger partial charge in [0.25, 0.3) is 5.82 Å². The number of rotatable bonds is 2. The molecule has 4 rings (SSSR count). The topological polar surface area (TPSA) is 34.6 Å². The largest absolute Gasteiger partial charge is 0.295 e. The molecule has 0 aliphatic heterocycles. The second-order valence-corrected chi connectivity index (χ2v) is 5.78. The predicted octanol–water partition coefficient (Wildman–Crippen LogP) is 3.53. The Morgan fingerprint density at radius 1 is 1.08 bits per heavy atom. The average molecular weight is 318 g/mol. The van der Waals surface area contributed by atoms with E-state index in [-0.39, 0.29) is 5.69 Å². The fourth-order valence-electron chi connectivity index (χ4n) is 3.17. The lowest BCUT2D eigenvalue weighted by molar-refractivity contribution is -0.633. The smallest absolute Gasteiger partial charge is 0.240 e. The van der Waals surface area contributed by atoms with E-state index in [1.54, 1.807) is 6.20 Å². The summed E-state index contributed by atoms with van der Waals surface area (Å²) in [5.74, 6) is 0.884. The van der Waals surface area contributed by atoms with E-state index in [1.165, 1.54) is 6.33 Å². The fourth-order valence-corrected chi connectivity index (χ4v) is 3.17. The third-order valence-electron chi connectivity index (χ3n) is 4.33. The van der Waals surface area contributed by atoms with Crippen molar-refractivity contribution >= 4 is 11.0 Å². The van der Waals surface area contributed by atoms with Gasteiger partial charge in [0.2, 0.25) is 0 Å². The van der Waals surface area contributed by atoms with Gasteiger partial charge in [0.15, 0.2) is 16.7 Å². The molecular weight excluding hydrogens is 296 g/mol. The van der Waals surface area contributed by atoms with E-state index in [0.29, 0.717) is 5.69 Å². The van der Waals surface area contributed by atoms with E-state index in [0.717, 1.165) is 28.0 Å². The van der Waals surface area contributed by atoms with E-state index in [9.17, 15) is 0 Å². The molecule has 4 heteroatoms. The Morgan fingerprint density at radius 2 is 1.88 bits per heavy atom. The molecule has 118 valence electrons. The van der Waals surface area contributed by atoms with Crippen molar-refractivity contribution in [2.45, 2.75) is 13.8 Å². The Morgan fingerprint density at radius 3 is 2.71 bits per heavy atom. The van der Waals surface area contributed by atoms with Gasteiger partial charge in [-0.25, -0.2) is 14.5 Å². The van der Waals surface area contributed by atoms with E-state index in [2.05, 4.69) is 14.5 Å². The molecule has 0 aliphatic carbocycles. The minimum Gasteiger partial charge on any atom is -0.240 e. The quantitative estimate of drug-likeness (QED) is 0.530. The molecule has 2 aromatic heterocycles. The number of nitrogens with zero attached hydrogens (tertiary/aromatic N) is 4. The maximum Gasteiger partial charge on any atom is 0.295 e. The van der Waals surface area contributed by atoms with Crippen molar-refractivity contribution in [2.75, 3.05) is 0 Å². The molecule has 0 bridgehead atoms. The van der Waals surface area contributed by atoms with Gasteiger partial charge in [-0.2, -0.15) is 4.57 Å². The Bertz CT molecular complexity index is 1150. The second kappa shape index (κ2) is 5.57. The van der Waals surface area contributed by atoms with Crippen LogP contribution in [-0.2, 0) is 7.05 Å². The lowest BCUT2D eigenvalue weighted by Crippen LogP contribution is -2.30. The summed E-state index contributed by atoms with van der Waals surface area (Å²) < 4.78 is 27.8. The summed E-state index contributed by atoms with van der Waals surface area (Å²) in [6.45, 7) is -0.297. The summed E-state index contributed by atoms with van der Waals surface area (Å²) in [5.41, 5.74) is 4.52. The van der Waals surface area contributed by atoms with Gasteiger partial charge in [-0.05, 0) is 37.5 Å². The molecule has 0 atom stereocenters. The van der Waals surface area contributed by atoms with Gasteiger partial charge in [0.05, 0.1) is 24.5 Å². The highest BCUT2D eigenvalue weighted by atomic mass is 15.2. The molecular formula is C20H19N4+. The van der Waals surface area contributed by atoms with Crippen molar-refractivity contribution in [3.63, 3.8) is 0 Å². The molecule has 4 aromatic rings. The van der Waals surface area contributed by atoms with Crippen molar-refractivity contribution in [2.24, 2.45) is 7.05 Å². The van der Waals surface area contributed by atoms with E-state index < -0.39 is 6.85 Å². The third kappa shape index (κ3) is 2.11. The van der Waals surface area contributed by atoms with E-state index >= 15 is 0 Å². The Labute approximate surface area is 145 Å². The number of aryl methyl sites for hydroxylation is 3. The minimum absolute atomic E-state index is 0.0358. The highest BCUT2D eigenvalue weighted by molar-refractivity contribution is 5.79. The molecule has 24 heavy (non-hydrogen) atoms. The van der Waals surface area contributed by atoms with E-state index in [4.69, 9.17) is 4.11 Å². The van der Waals surface area contributed by atoms with Crippen LogP contribution in [-0.4, -0.2) is 14.5 Å². The van der Waals surface area contributed by atoms with Crippen molar-refractivity contribution in [3.05, 3.63) is 72.3 Å². The molecule has 0 unspecified atom stereocenters. The first-order chi connectivity index (χ1) is 12.9. The third-order valence-corrected chi connectivity index (χ3v) is 4.33. The monoisotopic (exact) mass is 318 g/mol. The maximum atomic E-state index is 7.92. The van der Waals surface area contributed by atoms with Gasteiger partial charge >= 0.3 is 0 Å². The Hall–Kier alpha value is -3.01. The zero-order valence-electron chi connectivity index (χ0n) is 16.6. The number of hydrogen-bond acceptors (Lipinski definition) is 2. The summed E-state index contributed by atoms with van der Waals surface area (Å²) in [5, 5.41) is 0. The van der Waals surface area contributed by atoms with E-state index in [1.807, 2.05) is 67.1 Å². The zero-order valence-corrected chi connectivity index (χ0v) is 13.6. The molecule has 0 aliphatic rings. The summed E-state index contributed by atoms with van der Waals surface area (Å²) in [6.07, 6.45) is 2.85. The van der Waals surface area contributed by atoms with Crippen LogP contribution in [0.25, 0.3) is 28.1 Å². The number of para-hydroxylation sites is 2. The predicted molar refractivity (Wildman–Crippen MR) is 95.0 cm³/mol. The molecule has 4 nitrogen and oxygen atoms in total. The highest BCUT2D eigenvalue weighted by Gasteiger charge is 2.27. The van der Waals surface area contributed by atoms with Gasteiger partial charge in [0.1, 0.15) is 6.33 Å². The average Bonchev–Trinajstić information content (AvgIpc) is 2.94. The molecule has 0 spiro atoms. The lowest BCUT2D eigenvalue weighted by Gasteiger charge is -2.07. The summed E-state index contributed by atoms with van der Waals surface area (Å²) in [6, 6.07) is 16.0. The van der Waals surface area contributed by atoms with Gasteiger partial charge in [-0.15, -0.1) is 0 Å². The van der Waals surface area contributed by atoms with Crippen molar-refractivity contribution < 1.29 is 8.68 Å². The van der Waals surface area contributed by atoms with Crippen LogP contribution in [0.2, 0.25) is 0 Å². The molecule has 0 amide bonds. The van der Waals surface area contributed by atoms with Crippen molar-refractivity contribution in [1.29, 1.82) is 0 Å². The molecule has 0 N–H and O–H groups in total. The highest BCUT2D eigenvalue weighted by Crippen LogP contribution is 2.29. The number of imidazole rings is 1. The van der Waals surface area contributed by atoms with Crippen LogP contribution in [0.5, 0.6) is 0 Å². The van der Waals surface area contributed by atoms with Crippen LogP contribution in [0.4, 0.5) is 0 Å².